The molecule has 0 spiro atoms. The zero-order chi connectivity index (χ0) is 26.9. The van der Waals surface area contributed by atoms with E-state index >= 15 is 0 Å². The van der Waals surface area contributed by atoms with Gasteiger partial charge in [-0.1, -0.05) is 97.1 Å². The largest absolute Gasteiger partial charge is 0.569 e. The summed E-state index contributed by atoms with van der Waals surface area (Å²) >= 11 is 1.85. The Morgan fingerprint density at radius 3 is 1.82 bits per heavy atom. The molecule has 6 aromatic carbocycles. The van der Waals surface area contributed by atoms with E-state index in [1.54, 1.807) is 0 Å². The van der Waals surface area contributed by atoms with Crippen LogP contribution in [0.2, 0.25) is 0 Å². The van der Waals surface area contributed by atoms with Gasteiger partial charge in [-0.2, -0.15) is 0 Å². The third-order valence-corrected chi connectivity index (χ3v) is 8.53. The van der Waals surface area contributed by atoms with Gasteiger partial charge in [0, 0.05) is 25.7 Å². The first-order valence-corrected chi connectivity index (χ1v) is 14.0. The smallest absolute Gasteiger partial charge is 0.537 e. The number of rotatable bonds is 6. The lowest BCUT2D eigenvalue weighted by Crippen LogP contribution is -1.99. The van der Waals surface area contributed by atoms with Crippen molar-refractivity contribution in [2.75, 3.05) is 0 Å². The highest BCUT2D eigenvalue weighted by Gasteiger charge is 2.15. The van der Waals surface area contributed by atoms with Crippen LogP contribution in [0.15, 0.2) is 140 Å². The summed E-state index contributed by atoms with van der Waals surface area (Å²) in [6, 6.07) is 49.1. The molecule has 0 atom stereocenters. The van der Waals surface area contributed by atoms with Crippen LogP contribution in [0.1, 0.15) is 0 Å². The van der Waals surface area contributed by atoms with Crippen molar-refractivity contribution in [1.29, 1.82) is 0 Å². The molecule has 2 nitrogen and oxygen atoms in total. The molecule has 0 amide bonds. The molecular weight excluding hydrogens is 507 g/mol. The Hall–Kier alpha value is -4.64. The molecule has 0 saturated carbocycles. The second-order valence-corrected chi connectivity index (χ2v) is 10.8. The van der Waals surface area contributed by atoms with Gasteiger partial charge in [0.05, 0.1) is 0 Å². The minimum atomic E-state index is 0.595. The third kappa shape index (κ3) is 4.58. The molecule has 0 aliphatic rings. The summed E-state index contributed by atoms with van der Waals surface area (Å²) < 4.78 is 7.77. The van der Waals surface area contributed by atoms with E-state index in [1.807, 2.05) is 29.5 Å². The molecule has 1 N–H and O–H groups in total. The van der Waals surface area contributed by atoms with E-state index in [2.05, 4.69) is 121 Å². The van der Waals surface area contributed by atoms with Gasteiger partial charge in [0.15, 0.2) is 0 Å². The minimum Gasteiger partial charge on any atom is -0.537 e. The lowest BCUT2D eigenvalue weighted by molar-refractivity contribution is 0.454. The van der Waals surface area contributed by atoms with E-state index in [0.717, 1.165) is 16.7 Å². The molecule has 1 heterocycles. The van der Waals surface area contributed by atoms with Crippen molar-refractivity contribution in [3.63, 3.8) is 0 Å². The predicted molar refractivity (Wildman–Crippen MR) is 170 cm³/mol. The molecule has 1 aromatic heterocycles. The van der Waals surface area contributed by atoms with Crippen molar-refractivity contribution in [2.45, 2.75) is 0 Å². The van der Waals surface area contributed by atoms with E-state index in [-0.39, 0.29) is 0 Å². The summed E-state index contributed by atoms with van der Waals surface area (Å²) in [5.74, 6) is 0.595. The van der Waals surface area contributed by atoms with Gasteiger partial charge in [0.1, 0.15) is 5.75 Å². The standard InChI is InChI=1S/C36H24BO2S/c38-37-39-31-16-8-14-27(20-31)26-13-7-15-29(19-26)32-22-30(25-11-5-2-6-12-25)23-34-33-21-28(24-9-3-1-4-10-24)17-18-35(33)40-36(32)34/h1-23,38H. The SMILES string of the molecule is O[B]Oc1cccc(-c2cccc(-c3cc(-c4ccccc4)cc4c3sc3ccc(-c5ccccc5)cc34)c2)c1. The molecule has 1 radical (unpaired) electrons. The molecule has 0 fully saturated rings. The summed E-state index contributed by atoms with van der Waals surface area (Å²) in [5, 5.41) is 11.6. The highest BCUT2D eigenvalue weighted by atomic mass is 32.1. The van der Waals surface area contributed by atoms with E-state index in [1.165, 1.54) is 48.0 Å². The highest BCUT2D eigenvalue weighted by Crippen LogP contribution is 2.44. The highest BCUT2D eigenvalue weighted by molar-refractivity contribution is 7.26. The van der Waals surface area contributed by atoms with Crippen LogP contribution in [0, 0.1) is 0 Å². The number of hydrogen-bond acceptors (Lipinski definition) is 3. The van der Waals surface area contributed by atoms with Crippen LogP contribution in [0.4, 0.5) is 0 Å². The zero-order valence-corrected chi connectivity index (χ0v) is 22.4. The molecule has 7 rings (SSSR count). The maximum Gasteiger partial charge on any atom is 0.569 e. The average Bonchev–Trinajstić information content (AvgIpc) is 3.40. The van der Waals surface area contributed by atoms with Crippen molar-refractivity contribution in [2.24, 2.45) is 0 Å². The Morgan fingerprint density at radius 2 is 1.07 bits per heavy atom. The Labute approximate surface area is 238 Å². The quantitative estimate of drug-likeness (QED) is 0.217. The van der Waals surface area contributed by atoms with Gasteiger partial charge in [-0.05, 0) is 81.4 Å². The Balaban J connectivity index is 1.45. The molecule has 0 saturated heterocycles. The maximum absolute atomic E-state index is 9.09. The fraction of sp³-hybridized carbons (Fsp3) is 0. The van der Waals surface area contributed by atoms with Crippen molar-refractivity contribution >= 4 is 39.2 Å². The minimum absolute atomic E-state index is 0.595. The van der Waals surface area contributed by atoms with Gasteiger partial charge < -0.3 is 9.68 Å². The Bertz CT molecular complexity index is 1960. The lowest BCUT2D eigenvalue weighted by Gasteiger charge is -2.11. The van der Waals surface area contributed by atoms with Crippen LogP contribution in [-0.4, -0.2) is 12.7 Å². The summed E-state index contributed by atoms with van der Waals surface area (Å²) in [7, 11) is 0.714. The monoisotopic (exact) mass is 531 g/mol. The summed E-state index contributed by atoms with van der Waals surface area (Å²) in [4.78, 5) is 0. The first kappa shape index (κ1) is 24.4. The van der Waals surface area contributed by atoms with Crippen LogP contribution in [0.25, 0.3) is 64.7 Å². The molecule has 7 aromatic rings. The number of thiophene rings is 1. The van der Waals surface area contributed by atoms with Crippen molar-refractivity contribution < 1.29 is 9.68 Å². The zero-order valence-electron chi connectivity index (χ0n) is 21.6. The molecule has 189 valence electrons. The summed E-state index contributed by atoms with van der Waals surface area (Å²) in [5.41, 5.74) is 9.35. The van der Waals surface area contributed by atoms with E-state index in [4.69, 9.17) is 9.68 Å². The Kier molecular flexibility index (Phi) is 6.41. The molecule has 0 aliphatic carbocycles. The average molecular weight is 531 g/mol. The van der Waals surface area contributed by atoms with Crippen LogP contribution in [0.3, 0.4) is 0 Å². The third-order valence-electron chi connectivity index (χ3n) is 7.31. The first-order valence-electron chi connectivity index (χ1n) is 13.2. The molecular formula is C36H24BO2S. The Morgan fingerprint density at radius 1 is 0.475 bits per heavy atom. The molecule has 0 unspecified atom stereocenters. The number of hydrogen-bond donors (Lipinski definition) is 1. The van der Waals surface area contributed by atoms with Gasteiger partial charge in [-0.3, -0.25) is 0 Å². The number of fused-ring (bicyclic) bond motifs is 3. The summed E-state index contributed by atoms with van der Waals surface area (Å²) in [6.45, 7) is 0. The molecule has 4 heteroatoms. The topological polar surface area (TPSA) is 29.5 Å². The second-order valence-electron chi connectivity index (χ2n) is 9.78. The van der Waals surface area contributed by atoms with Crippen LogP contribution in [-0.2, 0) is 0 Å². The van der Waals surface area contributed by atoms with Crippen LogP contribution in [0.5, 0.6) is 5.75 Å². The van der Waals surface area contributed by atoms with Crippen LogP contribution < -0.4 is 4.65 Å². The molecule has 0 aliphatic heterocycles. The lowest BCUT2D eigenvalue weighted by atomic mass is 9.93. The molecule has 40 heavy (non-hydrogen) atoms. The van der Waals surface area contributed by atoms with Crippen molar-refractivity contribution in [3.8, 4) is 50.3 Å². The second kappa shape index (κ2) is 10.5. The van der Waals surface area contributed by atoms with Gasteiger partial charge in [0.2, 0.25) is 0 Å². The van der Waals surface area contributed by atoms with Crippen LogP contribution >= 0.6 is 11.3 Å². The van der Waals surface area contributed by atoms with E-state index in [0.29, 0.717) is 13.4 Å². The van der Waals surface area contributed by atoms with Gasteiger partial charge >= 0.3 is 7.69 Å². The van der Waals surface area contributed by atoms with Gasteiger partial charge in [0.25, 0.3) is 0 Å². The van der Waals surface area contributed by atoms with E-state index in [9.17, 15) is 0 Å². The fourth-order valence-corrected chi connectivity index (χ4v) is 6.58. The van der Waals surface area contributed by atoms with E-state index < -0.39 is 0 Å². The number of benzene rings is 6. The fourth-order valence-electron chi connectivity index (χ4n) is 5.38. The normalized spacial score (nSPS) is 11.1. The molecule has 0 bridgehead atoms. The summed E-state index contributed by atoms with van der Waals surface area (Å²) in [6.07, 6.45) is 0. The predicted octanol–water partition coefficient (Wildman–Crippen LogP) is 9.63. The van der Waals surface area contributed by atoms with Crippen molar-refractivity contribution in [3.05, 3.63) is 140 Å². The van der Waals surface area contributed by atoms with Gasteiger partial charge in [-0.25, -0.2) is 0 Å². The van der Waals surface area contributed by atoms with Gasteiger partial charge in [-0.15, -0.1) is 11.3 Å². The first-order chi connectivity index (χ1) is 19.8. The maximum atomic E-state index is 9.09. The van der Waals surface area contributed by atoms with Crippen molar-refractivity contribution in [1.82, 2.24) is 0 Å².